The van der Waals surface area contributed by atoms with Crippen LogP contribution in [0, 0.1) is 13.8 Å². The van der Waals surface area contributed by atoms with Gasteiger partial charge in [-0.3, -0.25) is 4.72 Å². The van der Waals surface area contributed by atoms with E-state index in [4.69, 9.17) is 0 Å². The summed E-state index contributed by atoms with van der Waals surface area (Å²) in [6.45, 7) is 3.50. The molecule has 8 nitrogen and oxygen atoms in total. The van der Waals surface area contributed by atoms with E-state index in [1.54, 1.807) is 19.9 Å². The Kier molecular flexibility index (Phi) is 4.36. The van der Waals surface area contributed by atoms with Gasteiger partial charge in [0.15, 0.2) is 0 Å². The molecule has 0 spiro atoms. The number of methoxy groups -OCH3 is 1. The molecule has 0 saturated carbocycles. The molecule has 0 unspecified atom stereocenters. The van der Waals surface area contributed by atoms with E-state index in [-0.39, 0.29) is 11.3 Å². The lowest BCUT2D eigenvalue weighted by Crippen LogP contribution is -2.19. The fourth-order valence-electron chi connectivity index (χ4n) is 1.77. The Morgan fingerprint density at radius 3 is 2.41 bits per heavy atom. The van der Waals surface area contributed by atoms with Crippen molar-refractivity contribution in [2.45, 2.75) is 19.0 Å². The number of esters is 1. The van der Waals surface area contributed by atoms with Crippen LogP contribution in [0.4, 0.5) is 5.69 Å². The number of sulfonamides is 1. The lowest BCUT2D eigenvalue weighted by atomic mass is 10.0. The summed E-state index contributed by atoms with van der Waals surface area (Å²) in [6.07, 6.45) is 2.15. The number of anilines is 1. The molecule has 0 saturated heterocycles. The molecule has 0 aliphatic rings. The quantitative estimate of drug-likeness (QED) is 0.838. The third-order valence-corrected chi connectivity index (χ3v) is 4.25. The minimum absolute atomic E-state index is 0.114. The van der Waals surface area contributed by atoms with Crippen molar-refractivity contribution in [2.75, 3.05) is 11.8 Å². The zero-order chi connectivity index (χ0) is 16.3. The Labute approximate surface area is 127 Å². The van der Waals surface area contributed by atoms with Gasteiger partial charge in [0, 0.05) is 0 Å². The Morgan fingerprint density at radius 1 is 1.18 bits per heavy atom. The number of hydrogen-bond donors (Lipinski definition) is 1. The number of nitrogens with zero attached hydrogens (tertiary/aromatic N) is 3. The van der Waals surface area contributed by atoms with E-state index < -0.39 is 21.1 Å². The van der Waals surface area contributed by atoms with Gasteiger partial charge >= 0.3 is 5.97 Å². The number of carbonyl (C=O) groups excluding carboxylic acids is 1. The second-order valence-corrected chi connectivity index (χ2v) is 6.02. The Hall–Kier alpha value is -2.55. The van der Waals surface area contributed by atoms with Crippen LogP contribution < -0.4 is 4.72 Å². The van der Waals surface area contributed by atoms with Gasteiger partial charge in [0.1, 0.15) is 12.7 Å². The third kappa shape index (κ3) is 3.03. The van der Waals surface area contributed by atoms with Crippen molar-refractivity contribution in [3.05, 3.63) is 41.5 Å². The first kappa shape index (κ1) is 15.8. The van der Waals surface area contributed by atoms with E-state index >= 15 is 0 Å². The van der Waals surface area contributed by atoms with Crippen LogP contribution >= 0.6 is 0 Å². The second kappa shape index (κ2) is 6.06. The number of hydrogen-bond acceptors (Lipinski definition) is 7. The van der Waals surface area contributed by atoms with Gasteiger partial charge in [-0.1, -0.05) is 6.07 Å². The predicted octanol–water partition coefficient (Wildman–Crippen LogP) is 1.08. The number of benzene rings is 1. The van der Waals surface area contributed by atoms with Gasteiger partial charge in [0.25, 0.3) is 15.2 Å². The van der Waals surface area contributed by atoms with Gasteiger partial charge in [-0.25, -0.2) is 19.7 Å². The van der Waals surface area contributed by atoms with Gasteiger partial charge in [0.2, 0.25) is 0 Å². The Balaban J connectivity index is 2.53. The Morgan fingerprint density at radius 2 is 1.82 bits per heavy atom. The highest BCUT2D eigenvalue weighted by Crippen LogP contribution is 2.26. The summed E-state index contributed by atoms with van der Waals surface area (Å²) in [5, 5.41) is -0.431. The molecule has 0 aliphatic carbocycles. The molecule has 9 heteroatoms. The molecule has 0 atom stereocenters. The predicted molar refractivity (Wildman–Crippen MR) is 77.9 cm³/mol. The number of aromatic nitrogens is 3. The maximum atomic E-state index is 12.3. The monoisotopic (exact) mass is 322 g/mol. The van der Waals surface area contributed by atoms with Crippen LogP contribution in [-0.4, -0.2) is 36.4 Å². The van der Waals surface area contributed by atoms with E-state index in [0.29, 0.717) is 5.56 Å². The number of aryl methyl sites for hydroxylation is 1. The Bertz CT molecular complexity index is 806. The number of ether oxygens (including phenoxy) is 1. The van der Waals surface area contributed by atoms with Crippen LogP contribution in [0.2, 0.25) is 0 Å². The standard InChI is InChI=1S/C13H14N4O4S/c1-8-4-5-10(12(18)21-3)11(9(8)2)17-22(19,20)13-15-6-14-7-16-13/h4-7,17H,1-3H3. The van der Waals surface area contributed by atoms with Crippen LogP contribution in [-0.2, 0) is 14.8 Å². The van der Waals surface area contributed by atoms with E-state index in [0.717, 1.165) is 18.2 Å². The first-order valence-corrected chi connectivity index (χ1v) is 7.68. The average Bonchev–Trinajstić information content (AvgIpc) is 2.52. The van der Waals surface area contributed by atoms with Gasteiger partial charge in [0.05, 0.1) is 18.4 Å². The van der Waals surface area contributed by atoms with Gasteiger partial charge in [-0.05, 0) is 31.0 Å². The van der Waals surface area contributed by atoms with Crippen LogP contribution in [0.5, 0.6) is 0 Å². The zero-order valence-corrected chi connectivity index (χ0v) is 13.0. The average molecular weight is 322 g/mol. The molecule has 0 aliphatic heterocycles. The molecular formula is C13H14N4O4S. The fourth-order valence-corrected chi connectivity index (χ4v) is 2.77. The largest absolute Gasteiger partial charge is 0.465 e. The van der Waals surface area contributed by atoms with Crippen molar-refractivity contribution >= 4 is 21.7 Å². The van der Waals surface area contributed by atoms with Crippen molar-refractivity contribution in [2.24, 2.45) is 0 Å². The summed E-state index contributed by atoms with van der Waals surface area (Å²) < 4.78 is 31.6. The summed E-state index contributed by atoms with van der Waals surface area (Å²) in [7, 11) is -2.81. The summed E-state index contributed by atoms with van der Waals surface area (Å²) in [6, 6.07) is 3.21. The highest BCUT2D eigenvalue weighted by Gasteiger charge is 2.23. The van der Waals surface area contributed by atoms with Gasteiger partial charge in [-0.15, -0.1) is 0 Å². The van der Waals surface area contributed by atoms with Crippen molar-refractivity contribution in [1.82, 2.24) is 15.0 Å². The molecule has 1 heterocycles. The molecule has 2 rings (SSSR count). The molecule has 0 bridgehead atoms. The number of nitrogens with one attached hydrogen (secondary N) is 1. The molecular weight excluding hydrogens is 308 g/mol. The van der Waals surface area contributed by atoms with E-state index in [1.165, 1.54) is 13.2 Å². The first-order chi connectivity index (χ1) is 10.4. The van der Waals surface area contributed by atoms with Crippen molar-refractivity contribution < 1.29 is 17.9 Å². The molecule has 0 radical (unpaired) electrons. The van der Waals surface area contributed by atoms with Crippen LogP contribution in [0.3, 0.4) is 0 Å². The molecule has 1 aromatic carbocycles. The first-order valence-electron chi connectivity index (χ1n) is 6.20. The molecule has 1 N–H and O–H groups in total. The topological polar surface area (TPSA) is 111 Å². The smallest absolute Gasteiger partial charge is 0.340 e. The summed E-state index contributed by atoms with van der Waals surface area (Å²) in [5.74, 6) is -0.642. The maximum absolute atomic E-state index is 12.3. The van der Waals surface area contributed by atoms with Crippen LogP contribution in [0.1, 0.15) is 21.5 Å². The van der Waals surface area contributed by atoms with E-state index in [1.807, 2.05) is 0 Å². The molecule has 0 amide bonds. The van der Waals surface area contributed by atoms with Crippen molar-refractivity contribution in [3.63, 3.8) is 0 Å². The fraction of sp³-hybridized carbons (Fsp3) is 0.231. The normalized spacial score (nSPS) is 11.0. The minimum atomic E-state index is -4.04. The lowest BCUT2D eigenvalue weighted by Gasteiger charge is -2.15. The summed E-state index contributed by atoms with van der Waals surface area (Å²) >= 11 is 0. The van der Waals surface area contributed by atoms with Gasteiger partial charge in [-0.2, -0.15) is 8.42 Å². The zero-order valence-electron chi connectivity index (χ0n) is 12.2. The molecule has 2 aromatic rings. The van der Waals surface area contributed by atoms with Gasteiger partial charge < -0.3 is 4.74 Å². The lowest BCUT2D eigenvalue weighted by molar-refractivity contribution is 0.0602. The maximum Gasteiger partial charge on any atom is 0.340 e. The van der Waals surface area contributed by atoms with Crippen molar-refractivity contribution in [1.29, 1.82) is 0 Å². The van der Waals surface area contributed by atoms with Crippen molar-refractivity contribution in [3.8, 4) is 0 Å². The highest BCUT2D eigenvalue weighted by atomic mass is 32.2. The highest BCUT2D eigenvalue weighted by molar-refractivity contribution is 7.92. The van der Waals surface area contributed by atoms with E-state index in [2.05, 4.69) is 24.4 Å². The van der Waals surface area contributed by atoms with E-state index in [9.17, 15) is 13.2 Å². The van der Waals surface area contributed by atoms with Crippen LogP contribution in [0.15, 0.2) is 29.9 Å². The molecule has 1 aromatic heterocycles. The minimum Gasteiger partial charge on any atom is -0.465 e. The molecule has 116 valence electrons. The number of carbonyl (C=O) groups is 1. The third-order valence-electron chi connectivity index (χ3n) is 3.09. The second-order valence-electron chi connectivity index (χ2n) is 4.45. The SMILES string of the molecule is COC(=O)c1ccc(C)c(C)c1NS(=O)(=O)c1ncncn1. The summed E-state index contributed by atoms with van der Waals surface area (Å²) in [5.41, 5.74) is 1.69. The molecule has 22 heavy (non-hydrogen) atoms. The summed E-state index contributed by atoms with van der Waals surface area (Å²) in [4.78, 5) is 22.6. The number of rotatable bonds is 4. The molecule has 0 fully saturated rings. The van der Waals surface area contributed by atoms with Crippen LogP contribution in [0.25, 0.3) is 0 Å².